The Morgan fingerprint density at radius 3 is 2.52 bits per heavy atom. The minimum Gasteiger partial charge on any atom is -0.469 e. The van der Waals surface area contributed by atoms with E-state index in [1.54, 1.807) is 18.2 Å². The van der Waals surface area contributed by atoms with Gasteiger partial charge in [-0.3, -0.25) is 4.79 Å². The number of hydrogen-bond donors (Lipinski definition) is 1. The molecule has 0 aliphatic rings. The van der Waals surface area contributed by atoms with E-state index in [4.69, 9.17) is 4.74 Å². The molecule has 5 nitrogen and oxygen atoms in total. The van der Waals surface area contributed by atoms with Gasteiger partial charge in [0.1, 0.15) is 6.61 Å². The van der Waals surface area contributed by atoms with E-state index in [1.807, 2.05) is 30.3 Å². The number of hydrogen-bond acceptors (Lipinski definition) is 5. The number of esters is 2. The first-order chi connectivity index (χ1) is 11.1. The van der Waals surface area contributed by atoms with Crippen LogP contribution in [-0.2, 0) is 20.9 Å². The van der Waals surface area contributed by atoms with Crippen molar-refractivity contribution in [3.63, 3.8) is 0 Å². The first-order valence-corrected chi connectivity index (χ1v) is 7.16. The molecule has 0 fully saturated rings. The Balaban J connectivity index is 2.01. The van der Waals surface area contributed by atoms with Gasteiger partial charge in [-0.05, 0) is 23.3 Å². The van der Waals surface area contributed by atoms with Crippen molar-refractivity contribution in [2.75, 3.05) is 7.11 Å². The third-order valence-corrected chi connectivity index (χ3v) is 3.31. The lowest BCUT2D eigenvalue weighted by Crippen LogP contribution is -2.10. The molecule has 1 N–H and O–H groups in total. The van der Waals surface area contributed by atoms with Crippen molar-refractivity contribution in [1.82, 2.24) is 0 Å². The Bertz CT molecular complexity index is 666. The zero-order chi connectivity index (χ0) is 16.7. The van der Waals surface area contributed by atoms with Crippen molar-refractivity contribution in [3.05, 3.63) is 71.3 Å². The summed E-state index contributed by atoms with van der Waals surface area (Å²) in [5.74, 6) is -1.00. The highest BCUT2D eigenvalue weighted by molar-refractivity contribution is 5.89. The van der Waals surface area contributed by atoms with Crippen LogP contribution in [0.2, 0.25) is 0 Å². The summed E-state index contributed by atoms with van der Waals surface area (Å²) in [6, 6.07) is 15.7. The molecular formula is C18H18O5. The number of aliphatic hydroxyl groups is 1. The highest BCUT2D eigenvalue weighted by Crippen LogP contribution is 2.19. The lowest BCUT2D eigenvalue weighted by atomic mass is 10.0. The van der Waals surface area contributed by atoms with E-state index in [0.717, 1.165) is 5.56 Å². The Hall–Kier alpha value is -2.66. The summed E-state index contributed by atoms with van der Waals surface area (Å²) < 4.78 is 9.76. The maximum absolute atomic E-state index is 12.1. The molecule has 1 atom stereocenters. The van der Waals surface area contributed by atoms with Crippen LogP contribution in [0.5, 0.6) is 0 Å². The topological polar surface area (TPSA) is 72.8 Å². The SMILES string of the molecule is COC(=O)C[C@@H](O)c1cccc(C(=O)OCc2ccccc2)c1. The molecule has 0 aliphatic carbocycles. The average Bonchev–Trinajstić information content (AvgIpc) is 2.60. The van der Waals surface area contributed by atoms with Crippen LogP contribution < -0.4 is 0 Å². The van der Waals surface area contributed by atoms with Crippen LogP contribution in [0.4, 0.5) is 0 Å². The van der Waals surface area contributed by atoms with E-state index < -0.39 is 18.0 Å². The van der Waals surface area contributed by atoms with Crippen molar-refractivity contribution in [3.8, 4) is 0 Å². The van der Waals surface area contributed by atoms with Crippen molar-refractivity contribution < 1.29 is 24.2 Å². The zero-order valence-corrected chi connectivity index (χ0v) is 12.8. The highest BCUT2D eigenvalue weighted by atomic mass is 16.5. The van der Waals surface area contributed by atoms with Gasteiger partial charge in [0.15, 0.2) is 0 Å². The monoisotopic (exact) mass is 314 g/mol. The molecule has 2 rings (SSSR count). The number of ether oxygens (including phenoxy) is 2. The minimum absolute atomic E-state index is 0.168. The summed E-state index contributed by atoms with van der Waals surface area (Å²) in [7, 11) is 1.26. The van der Waals surface area contributed by atoms with Crippen LogP contribution >= 0.6 is 0 Å². The number of methoxy groups -OCH3 is 1. The van der Waals surface area contributed by atoms with Crippen molar-refractivity contribution in [2.24, 2.45) is 0 Å². The lowest BCUT2D eigenvalue weighted by Gasteiger charge is -2.11. The summed E-state index contributed by atoms with van der Waals surface area (Å²) in [6.45, 7) is 0.175. The molecule has 0 heterocycles. The first kappa shape index (κ1) is 16.7. The number of benzene rings is 2. The van der Waals surface area contributed by atoms with Crippen LogP contribution in [-0.4, -0.2) is 24.2 Å². The van der Waals surface area contributed by atoms with E-state index in [2.05, 4.69) is 4.74 Å². The Labute approximate surface area is 134 Å². The van der Waals surface area contributed by atoms with Gasteiger partial charge >= 0.3 is 11.9 Å². The standard InChI is InChI=1S/C18H18O5/c1-22-17(20)11-16(19)14-8-5-9-15(10-14)18(21)23-12-13-6-3-2-4-7-13/h2-10,16,19H,11-12H2,1H3/t16-/m1/s1. The van der Waals surface area contributed by atoms with Gasteiger partial charge in [0.2, 0.25) is 0 Å². The number of carbonyl (C=O) groups excluding carboxylic acids is 2. The van der Waals surface area contributed by atoms with E-state index in [-0.39, 0.29) is 13.0 Å². The molecule has 0 amide bonds. The lowest BCUT2D eigenvalue weighted by molar-refractivity contribution is -0.142. The summed E-state index contributed by atoms with van der Waals surface area (Å²) in [5.41, 5.74) is 1.68. The van der Waals surface area contributed by atoms with Crippen LogP contribution in [0.3, 0.4) is 0 Å². The van der Waals surface area contributed by atoms with Gasteiger partial charge in [0.05, 0.1) is 25.2 Å². The number of carbonyl (C=O) groups is 2. The summed E-state index contributed by atoms with van der Waals surface area (Å²) in [6.07, 6.45) is -1.19. The van der Waals surface area contributed by atoms with Gasteiger partial charge in [-0.2, -0.15) is 0 Å². The van der Waals surface area contributed by atoms with Gasteiger partial charge in [0.25, 0.3) is 0 Å². The maximum atomic E-state index is 12.1. The Morgan fingerprint density at radius 2 is 1.83 bits per heavy atom. The predicted octanol–water partition coefficient (Wildman–Crippen LogP) is 2.64. The zero-order valence-electron chi connectivity index (χ0n) is 12.8. The molecule has 2 aromatic rings. The molecule has 2 aromatic carbocycles. The van der Waals surface area contributed by atoms with E-state index in [1.165, 1.54) is 13.2 Å². The predicted molar refractivity (Wildman–Crippen MR) is 83.6 cm³/mol. The third-order valence-electron chi connectivity index (χ3n) is 3.31. The van der Waals surface area contributed by atoms with Gasteiger partial charge < -0.3 is 14.6 Å². The molecule has 120 valence electrons. The fraction of sp³-hybridized carbons (Fsp3) is 0.222. The van der Waals surface area contributed by atoms with Crippen LogP contribution in [0.15, 0.2) is 54.6 Å². The van der Waals surface area contributed by atoms with Crippen LogP contribution in [0.25, 0.3) is 0 Å². The second-order valence-electron chi connectivity index (χ2n) is 4.98. The summed E-state index contributed by atoms with van der Waals surface area (Å²) >= 11 is 0. The van der Waals surface area contributed by atoms with Gasteiger partial charge in [-0.15, -0.1) is 0 Å². The molecule has 23 heavy (non-hydrogen) atoms. The molecule has 0 bridgehead atoms. The molecule has 0 spiro atoms. The quantitative estimate of drug-likeness (QED) is 0.830. The molecule has 5 heteroatoms. The minimum atomic E-state index is -1.02. The molecule has 0 unspecified atom stereocenters. The summed E-state index contributed by atoms with van der Waals surface area (Å²) in [5, 5.41) is 9.98. The molecular weight excluding hydrogens is 296 g/mol. The second-order valence-corrected chi connectivity index (χ2v) is 4.98. The fourth-order valence-corrected chi connectivity index (χ4v) is 2.04. The van der Waals surface area contributed by atoms with Crippen molar-refractivity contribution >= 4 is 11.9 Å². The van der Waals surface area contributed by atoms with Gasteiger partial charge in [-0.1, -0.05) is 42.5 Å². The Kier molecular flexibility index (Phi) is 5.88. The van der Waals surface area contributed by atoms with Crippen molar-refractivity contribution in [2.45, 2.75) is 19.1 Å². The van der Waals surface area contributed by atoms with Crippen molar-refractivity contribution in [1.29, 1.82) is 0 Å². The van der Waals surface area contributed by atoms with Gasteiger partial charge in [-0.25, -0.2) is 4.79 Å². The fourth-order valence-electron chi connectivity index (χ4n) is 2.04. The van der Waals surface area contributed by atoms with Crippen LogP contribution in [0.1, 0.15) is 34.0 Å². The average molecular weight is 314 g/mol. The Morgan fingerprint density at radius 1 is 1.09 bits per heavy atom. The third kappa shape index (κ3) is 4.93. The number of rotatable bonds is 6. The van der Waals surface area contributed by atoms with Gasteiger partial charge in [0, 0.05) is 0 Å². The molecule has 0 saturated heterocycles. The van der Waals surface area contributed by atoms with E-state index in [0.29, 0.717) is 11.1 Å². The number of aliphatic hydroxyl groups excluding tert-OH is 1. The first-order valence-electron chi connectivity index (χ1n) is 7.16. The smallest absolute Gasteiger partial charge is 0.338 e. The molecule has 0 aliphatic heterocycles. The molecule has 0 radical (unpaired) electrons. The highest BCUT2D eigenvalue weighted by Gasteiger charge is 2.15. The molecule has 0 aromatic heterocycles. The normalized spacial score (nSPS) is 11.6. The van der Waals surface area contributed by atoms with Crippen LogP contribution in [0, 0.1) is 0 Å². The largest absolute Gasteiger partial charge is 0.469 e. The second kappa shape index (κ2) is 8.10. The van der Waals surface area contributed by atoms with E-state index >= 15 is 0 Å². The van der Waals surface area contributed by atoms with E-state index in [9.17, 15) is 14.7 Å². The summed E-state index contributed by atoms with van der Waals surface area (Å²) in [4.78, 5) is 23.3. The maximum Gasteiger partial charge on any atom is 0.338 e. The molecule has 0 saturated carbocycles.